The molecule has 1 unspecified atom stereocenters. The van der Waals surface area contributed by atoms with Crippen LogP contribution in [0.25, 0.3) is 21.8 Å². The van der Waals surface area contributed by atoms with Crippen molar-refractivity contribution in [2.45, 2.75) is 93.2 Å². The third kappa shape index (κ3) is 9.82. The lowest BCUT2D eigenvalue weighted by Crippen LogP contribution is -2.26. The Bertz CT molecular complexity index is 2100. The van der Waals surface area contributed by atoms with Gasteiger partial charge in [-0.3, -0.25) is 19.2 Å². The third-order valence-corrected chi connectivity index (χ3v) is 11.4. The predicted octanol–water partition coefficient (Wildman–Crippen LogP) is 9.58. The molecule has 298 valence electrons. The fraction of sp³-hybridized carbons (Fsp3) is 0.458. The second-order valence-electron chi connectivity index (χ2n) is 16.7. The Balaban J connectivity index is 0.000000215. The molecule has 0 bridgehead atoms. The van der Waals surface area contributed by atoms with Gasteiger partial charge >= 0.3 is 0 Å². The zero-order chi connectivity index (χ0) is 40.8. The number of likely N-dealkylation sites (tertiary alicyclic amines) is 1. The van der Waals surface area contributed by atoms with Crippen molar-refractivity contribution in [3.05, 3.63) is 100 Å². The van der Waals surface area contributed by atoms with E-state index in [0.29, 0.717) is 17.2 Å². The lowest BCUT2D eigenvalue weighted by Gasteiger charge is -2.22. The minimum absolute atomic E-state index is 0.00576. The summed E-state index contributed by atoms with van der Waals surface area (Å²) in [5.41, 5.74) is 8.82. The summed E-state index contributed by atoms with van der Waals surface area (Å²) in [6, 6.07) is 18.6. The van der Waals surface area contributed by atoms with Crippen molar-refractivity contribution in [3.63, 3.8) is 0 Å². The molecule has 0 aliphatic carbocycles. The number of carbonyl (C=O) groups excluding carboxylic acids is 4. The molecule has 1 atom stereocenters. The van der Waals surface area contributed by atoms with Crippen LogP contribution in [0.5, 0.6) is 0 Å². The number of hydrogen-bond acceptors (Lipinski definition) is 7. The molecule has 4 aromatic rings. The van der Waals surface area contributed by atoms with Gasteiger partial charge in [0.05, 0.1) is 0 Å². The fourth-order valence-corrected chi connectivity index (χ4v) is 8.04. The van der Waals surface area contributed by atoms with Crippen molar-refractivity contribution in [2.24, 2.45) is 11.8 Å². The molecule has 1 aromatic heterocycles. The van der Waals surface area contributed by atoms with Gasteiger partial charge in [-0.2, -0.15) is 0 Å². The smallest absolute Gasteiger partial charge is 0.165 e. The van der Waals surface area contributed by atoms with Gasteiger partial charge < -0.3 is 19.3 Å². The lowest BCUT2D eigenvalue weighted by atomic mass is 9.98. The molecule has 6 rings (SSSR count). The summed E-state index contributed by atoms with van der Waals surface area (Å²) >= 11 is 0. The van der Waals surface area contributed by atoms with Crippen molar-refractivity contribution in [1.82, 2.24) is 14.4 Å². The first kappa shape index (κ1) is 42.5. The molecular weight excluding hydrogens is 697 g/mol. The van der Waals surface area contributed by atoms with E-state index in [1.54, 1.807) is 13.8 Å². The largest absolute Gasteiger partial charge is 0.344 e. The number of nitrogens with zero attached hydrogens (tertiary/aromatic N) is 4. The molecule has 2 aliphatic heterocycles. The summed E-state index contributed by atoms with van der Waals surface area (Å²) in [6.07, 6.45) is 9.51. The second-order valence-corrected chi connectivity index (χ2v) is 16.7. The van der Waals surface area contributed by atoms with Gasteiger partial charge in [0.25, 0.3) is 0 Å². The summed E-state index contributed by atoms with van der Waals surface area (Å²) in [7, 11) is 6.38. The quantitative estimate of drug-likeness (QED) is 0.0936. The summed E-state index contributed by atoms with van der Waals surface area (Å²) in [6.45, 7) is 16.9. The van der Waals surface area contributed by atoms with E-state index in [4.69, 9.17) is 0 Å². The molecule has 1 fully saturated rings. The van der Waals surface area contributed by atoms with E-state index in [2.05, 4.69) is 64.7 Å². The van der Waals surface area contributed by atoms with Crippen molar-refractivity contribution >= 4 is 50.6 Å². The number of carbonyl (C=O) groups is 4. The standard InChI is InChI=1S/C25H36N2O2.C23H26N2O2/c1-17(2)24(28)19(5)9-11-22-16-21-15-20(25(29)18(3)4)10-12-23(21)27(22)14-8-13-26(6)7;1-15(26)17-6-8-22-20(13-17)21-14-18(16(2)27)7-9-23(21)25(22)12-10-19-5-4-11-24(19)3/h9-12,15,17-18H,8,13-14,16H2,1-7H3;6-9,13-14,19H,4-5,10-12H2,1-3H3/b19-9+,22-11+;. The van der Waals surface area contributed by atoms with Crippen molar-refractivity contribution in [3.8, 4) is 0 Å². The average molecular weight is 759 g/mol. The number of aryl methyl sites for hydroxylation is 1. The monoisotopic (exact) mass is 758 g/mol. The normalized spacial score (nSPS) is 16.7. The summed E-state index contributed by atoms with van der Waals surface area (Å²) < 4.78 is 2.35. The first-order valence-corrected chi connectivity index (χ1v) is 20.4. The van der Waals surface area contributed by atoms with E-state index >= 15 is 0 Å². The highest BCUT2D eigenvalue weighted by atomic mass is 16.1. The van der Waals surface area contributed by atoms with E-state index < -0.39 is 0 Å². The van der Waals surface area contributed by atoms with Crippen LogP contribution in [0.2, 0.25) is 0 Å². The van der Waals surface area contributed by atoms with Crippen LogP contribution < -0.4 is 4.90 Å². The molecule has 8 nitrogen and oxygen atoms in total. The number of hydrogen-bond donors (Lipinski definition) is 0. The van der Waals surface area contributed by atoms with Crippen LogP contribution in [0.3, 0.4) is 0 Å². The number of aromatic nitrogens is 1. The van der Waals surface area contributed by atoms with Gasteiger partial charge in [-0.05, 0) is 152 Å². The van der Waals surface area contributed by atoms with Crippen LogP contribution in [0.15, 0.2) is 78.0 Å². The Morgan fingerprint density at radius 1 is 0.804 bits per heavy atom. The maximum atomic E-state index is 12.4. The van der Waals surface area contributed by atoms with Gasteiger partial charge in [0.2, 0.25) is 0 Å². The summed E-state index contributed by atoms with van der Waals surface area (Å²) in [5, 5.41) is 2.11. The van der Waals surface area contributed by atoms with Crippen LogP contribution in [0.4, 0.5) is 5.69 Å². The number of Topliss-reactive ketones (excluding diaryl/α,β-unsaturated/α-hetero) is 4. The van der Waals surface area contributed by atoms with Gasteiger partial charge in [-0.25, -0.2) is 0 Å². The van der Waals surface area contributed by atoms with Crippen LogP contribution in [-0.2, 0) is 17.8 Å². The van der Waals surface area contributed by atoms with Crippen LogP contribution in [-0.4, -0.2) is 84.3 Å². The molecule has 0 spiro atoms. The molecule has 0 N–H and O–H groups in total. The number of allylic oxidation sites excluding steroid dienone is 4. The zero-order valence-corrected chi connectivity index (χ0v) is 35.4. The molecule has 2 aliphatic rings. The zero-order valence-electron chi connectivity index (χ0n) is 35.4. The van der Waals surface area contributed by atoms with Gasteiger partial charge in [0, 0.05) is 87.3 Å². The number of benzene rings is 3. The summed E-state index contributed by atoms with van der Waals surface area (Å²) in [4.78, 5) is 55.4. The summed E-state index contributed by atoms with van der Waals surface area (Å²) in [5.74, 6) is 0.490. The maximum absolute atomic E-state index is 12.4. The molecule has 56 heavy (non-hydrogen) atoms. The Kier molecular flexibility index (Phi) is 14.1. The third-order valence-electron chi connectivity index (χ3n) is 11.4. The van der Waals surface area contributed by atoms with Gasteiger partial charge in [0.1, 0.15) is 0 Å². The number of ketones is 4. The Morgan fingerprint density at radius 3 is 1.93 bits per heavy atom. The highest BCUT2D eigenvalue weighted by Crippen LogP contribution is 2.36. The van der Waals surface area contributed by atoms with Crippen LogP contribution in [0.1, 0.15) is 111 Å². The van der Waals surface area contributed by atoms with E-state index in [1.807, 2.05) is 77.1 Å². The predicted molar refractivity (Wildman–Crippen MR) is 231 cm³/mol. The molecule has 0 radical (unpaired) electrons. The molecule has 3 aromatic carbocycles. The van der Waals surface area contributed by atoms with Crippen LogP contribution in [0, 0.1) is 11.8 Å². The molecule has 0 saturated carbocycles. The van der Waals surface area contributed by atoms with Gasteiger partial charge in [-0.15, -0.1) is 0 Å². The second kappa shape index (κ2) is 18.5. The van der Waals surface area contributed by atoms with Gasteiger partial charge in [-0.1, -0.05) is 33.8 Å². The molecular formula is C48H62N4O4. The first-order chi connectivity index (χ1) is 26.6. The van der Waals surface area contributed by atoms with Gasteiger partial charge in [0.15, 0.2) is 23.1 Å². The minimum Gasteiger partial charge on any atom is -0.344 e. The minimum atomic E-state index is -0.00621. The van der Waals surface area contributed by atoms with Crippen molar-refractivity contribution < 1.29 is 19.2 Å². The van der Waals surface area contributed by atoms with Crippen molar-refractivity contribution in [1.29, 1.82) is 0 Å². The van der Waals surface area contributed by atoms with E-state index in [-0.39, 0.29) is 35.0 Å². The fourth-order valence-electron chi connectivity index (χ4n) is 8.04. The number of anilines is 1. The Hall–Kier alpha value is -4.66. The first-order valence-electron chi connectivity index (χ1n) is 20.4. The molecule has 8 heteroatoms. The lowest BCUT2D eigenvalue weighted by molar-refractivity contribution is -0.118. The van der Waals surface area contributed by atoms with E-state index in [1.165, 1.54) is 36.3 Å². The van der Waals surface area contributed by atoms with Crippen LogP contribution >= 0.6 is 0 Å². The molecule has 3 heterocycles. The average Bonchev–Trinajstić information content (AvgIpc) is 3.83. The van der Waals surface area contributed by atoms with E-state index in [9.17, 15) is 19.2 Å². The van der Waals surface area contributed by atoms with E-state index in [0.717, 1.165) is 71.8 Å². The Labute approximate surface area is 334 Å². The highest BCUT2D eigenvalue weighted by molar-refractivity contribution is 6.12. The number of fused-ring (bicyclic) bond motifs is 4. The van der Waals surface area contributed by atoms with Crippen molar-refractivity contribution in [2.75, 3.05) is 45.7 Å². The number of rotatable bonds is 14. The molecule has 1 saturated heterocycles. The Morgan fingerprint density at radius 2 is 1.41 bits per heavy atom. The SMILES string of the molecule is C/C(=C\C=C1/Cc2cc(C(=O)C(C)C)ccc2N1CCCN(C)C)C(=O)C(C)C.CC(=O)c1ccc2c(c1)c1cc(C(C)=O)ccc1n2CCC1CCCN1C. The highest BCUT2D eigenvalue weighted by Gasteiger charge is 2.26. The molecule has 0 amide bonds. The topological polar surface area (TPSA) is 82.9 Å². The maximum Gasteiger partial charge on any atom is 0.165 e.